The highest BCUT2D eigenvalue weighted by atomic mass is 35.5. The first-order chi connectivity index (χ1) is 12.8. The summed E-state index contributed by atoms with van der Waals surface area (Å²) in [6, 6.07) is 12.8. The van der Waals surface area contributed by atoms with Gasteiger partial charge in [0.1, 0.15) is 0 Å². The van der Waals surface area contributed by atoms with Gasteiger partial charge >= 0.3 is 6.03 Å². The van der Waals surface area contributed by atoms with E-state index in [1.54, 1.807) is 24.3 Å². The summed E-state index contributed by atoms with van der Waals surface area (Å²) in [6.45, 7) is 1.87. The number of nitrogens with one attached hydrogen (secondary N) is 3. The minimum absolute atomic E-state index is 0.0744. The maximum Gasteiger partial charge on any atom is 0.312 e. The van der Waals surface area contributed by atoms with E-state index in [-0.39, 0.29) is 18.7 Å². The van der Waals surface area contributed by atoms with Gasteiger partial charge in [0, 0.05) is 5.02 Å². The summed E-state index contributed by atoms with van der Waals surface area (Å²) in [5.41, 5.74) is 12.4. The average molecular weight is 389 g/mol. The van der Waals surface area contributed by atoms with Crippen molar-refractivity contribution in [1.29, 1.82) is 0 Å². The third-order valence-corrected chi connectivity index (χ3v) is 4.14. The molecule has 2 aromatic rings. The summed E-state index contributed by atoms with van der Waals surface area (Å²) in [4.78, 5) is 35.4. The molecule has 0 spiro atoms. The first kappa shape index (κ1) is 20.3. The lowest BCUT2D eigenvalue weighted by Gasteiger charge is -2.19. The molecular formula is C19H21ClN4O3. The van der Waals surface area contributed by atoms with Crippen LogP contribution in [0.25, 0.3) is 0 Å². The van der Waals surface area contributed by atoms with Gasteiger partial charge in [-0.2, -0.15) is 0 Å². The summed E-state index contributed by atoms with van der Waals surface area (Å²) in [5.74, 6) is -0.831. The molecule has 0 aliphatic rings. The molecule has 142 valence electrons. The van der Waals surface area contributed by atoms with E-state index < -0.39 is 18.0 Å². The Kier molecular flexibility index (Phi) is 7.19. The van der Waals surface area contributed by atoms with Crippen LogP contribution in [0, 0.1) is 6.92 Å². The van der Waals surface area contributed by atoms with E-state index in [9.17, 15) is 14.4 Å². The van der Waals surface area contributed by atoms with Crippen LogP contribution in [-0.2, 0) is 16.0 Å². The number of hydrogen-bond donors (Lipinski definition) is 4. The van der Waals surface area contributed by atoms with Crippen LogP contribution in [0.5, 0.6) is 0 Å². The molecule has 0 aliphatic heterocycles. The number of hydrazine groups is 1. The van der Waals surface area contributed by atoms with Gasteiger partial charge in [0.05, 0.1) is 18.9 Å². The zero-order chi connectivity index (χ0) is 19.8. The van der Waals surface area contributed by atoms with Crippen LogP contribution in [-0.4, -0.2) is 17.8 Å². The molecule has 0 fully saturated rings. The van der Waals surface area contributed by atoms with Crippen LogP contribution in [0.4, 0.5) is 4.79 Å². The lowest BCUT2D eigenvalue weighted by Crippen LogP contribution is -2.44. The number of benzene rings is 2. The Bertz CT molecular complexity index is 824. The minimum Gasteiger partial charge on any atom is -0.352 e. The molecule has 0 saturated carbocycles. The molecular weight excluding hydrogens is 368 g/mol. The van der Waals surface area contributed by atoms with Gasteiger partial charge in [0.25, 0.3) is 0 Å². The second-order valence-corrected chi connectivity index (χ2v) is 6.46. The molecule has 1 unspecified atom stereocenters. The molecule has 2 aromatic carbocycles. The monoisotopic (exact) mass is 388 g/mol. The number of nitrogens with two attached hydrogens (primary N) is 1. The molecule has 8 heteroatoms. The largest absolute Gasteiger partial charge is 0.352 e. The van der Waals surface area contributed by atoms with Crippen LogP contribution in [0.2, 0.25) is 5.02 Å². The lowest BCUT2D eigenvalue weighted by atomic mass is 9.98. The first-order valence-corrected chi connectivity index (χ1v) is 8.66. The molecule has 0 bridgehead atoms. The summed E-state index contributed by atoms with van der Waals surface area (Å²) >= 11 is 5.80. The highest BCUT2D eigenvalue weighted by Crippen LogP contribution is 2.20. The number of halogens is 1. The fourth-order valence-electron chi connectivity index (χ4n) is 2.60. The Morgan fingerprint density at radius 3 is 2.26 bits per heavy atom. The molecule has 0 aliphatic carbocycles. The minimum atomic E-state index is -0.733. The van der Waals surface area contributed by atoms with Gasteiger partial charge in [-0.05, 0) is 35.7 Å². The zero-order valence-electron chi connectivity index (χ0n) is 14.8. The molecule has 27 heavy (non-hydrogen) atoms. The second kappa shape index (κ2) is 9.59. The van der Waals surface area contributed by atoms with Gasteiger partial charge in [0.15, 0.2) is 0 Å². The summed E-state index contributed by atoms with van der Waals surface area (Å²) < 4.78 is 0. The number of aryl methyl sites for hydroxylation is 1. The van der Waals surface area contributed by atoms with Gasteiger partial charge in [-0.1, -0.05) is 48.0 Å². The normalized spacial score (nSPS) is 11.3. The smallest absolute Gasteiger partial charge is 0.312 e. The Morgan fingerprint density at radius 2 is 1.63 bits per heavy atom. The van der Waals surface area contributed by atoms with Crippen LogP contribution >= 0.6 is 11.6 Å². The molecule has 5 N–H and O–H groups in total. The number of amides is 4. The molecule has 1 atom stereocenters. The standard InChI is InChI=1S/C19H21ClN4O3/c1-12-4-2-3-5-15(12)16(22-19(21)27)11-18(26)24-23-17(25)10-13-6-8-14(20)9-7-13/h2-9,16H,10-11H2,1H3,(H,23,25)(H,24,26)(H3,21,22,27). The summed E-state index contributed by atoms with van der Waals surface area (Å²) in [7, 11) is 0. The highest BCUT2D eigenvalue weighted by Gasteiger charge is 2.19. The lowest BCUT2D eigenvalue weighted by molar-refractivity contribution is -0.128. The predicted molar refractivity (Wildman–Crippen MR) is 103 cm³/mol. The third-order valence-electron chi connectivity index (χ3n) is 3.89. The van der Waals surface area contributed by atoms with E-state index in [0.29, 0.717) is 5.02 Å². The van der Waals surface area contributed by atoms with Gasteiger partial charge < -0.3 is 11.1 Å². The van der Waals surface area contributed by atoms with Crippen molar-refractivity contribution in [2.75, 3.05) is 0 Å². The molecule has 0 radical (unpaired) electrons. The fourth-order valence-corrected chi connectivity index (χ4v) is 2.72. The molecule has 2 rings (SSSR count). The number of rotatable bonds is 6. The first-order valence-electron chi connectivity index (χ1n) is 8.29. The summed E-state index contributed by atoms with van der Waals surface area (Å²) in [6.07, 6.45) is 0.0211. The van der Waals surface area contributed by atoms with Crippen molar-refractivity contribution in [1.82, 2.24) is 16.2 Å². The average Bonchev–Trinajstić information content (AvgIpc) is 2.61. The fraction of sp³-hybridized carbons (Fsp3) is 0.211. The van der Waals surface area contributed by atoms with E-state index in [1.807, 2.05) is 31.2 Å². The topological polar surface area (TPSA) is 113 Å². The van der Waals surface area contributed by atoms with E-state index in [2.05, 4.69) is 16.2 Å². The number of hydrogen-bond acceptors (Lipinski definition) is 3. The Morgan fingerprint density at radius 1 is 1.00 bits per heavy atom. The van der Waals surface area contributed by atoms with Gasteiger partial charge in [-0.15, -0.1) is 0 Å². The summed E-state index contributed by atoms with van der Waals surface area (Å²) in [5, 5.41) is 3.13. The van der Waals surface area contributed by atoms with Crippen molar-refractivity contribution in [2.45, 2.75) is 25.8 Å². The Balaban J connectivity index is 1.91. The Labute approximate surface area is 162 Å². The van der Waals surface area contributed by atoms with E-state index in [1.165, 1.54) is 0 Å². The maximum absolute atomic E-state index is 12.2. The SMILES string of the molecule is Cc1ccccc1C(CC(=O)NNC(=O)Cc1ccc(Cl)cc1)NC(N)=O. The predicted octanol–water partition coefficient (Wildman–Crippen LogP) is 2.14. The van der Waals surface area contributed by atoms with E-state index >= 15 is 0 Å². The molecule has 0 aromatic heterocycles. The van der Waals surface area contributed by atoms with Gasteiger partial charge in [-0.25, -0.2) is 4.79 Å². The molecule has 0 saturated heterocycles. The van der Waals surface area contributed by atoms with Crippen molar-refractivity contribution >= 4 is 29.4 Å². The number of primary amides is 1. The van der Waals surface area contributed by atoms with Crippen molar-refractivity contribution in [3.8, 4) is 0 Å². The maximum atomic E-state index is 12.2. The number of carbonyl (C=O) groups excluding carboxylic acids is 3. The van der Waals surface area contributed by atoms with E-state index in [0.717, 1.165) is 16.7 Å². The van der Waals surface area contributed by atoms with Crippen LogP contribution < -0.4 is 21.9 Å². The Hall–Kier alpha value is -3.06. The van der Waals surface area contributed by atoms with Crippen LogP contribution in [0.3, 0.4) is 0 Å². The van der Waals surface area contributed by atoms with Crippen molar-refractivity contribution in [3.63, 3.8) is 0 Å². The van der Waals surface area contributed by atoms with Gasteiger partial charge in [0.2, 0.25) is 11.8 Å². The van der Waals surface area contributed by atoms with Crippen molar-refractivity contribution in [3.05, 3.63) is 70.2 Å². The molecule has 7 nitrogen and oxygen atoms in total. The van der Waals surface area contributed by atoms with Crippen LogP contribution in [0.15, 0.2) is 48.5 Å². The number of urea groups is 1. The second-order valence-electron chi connectivity index (χ2n) is 6.02. The third kappa shape index (κ3) is 6.63. The number of carbonyl (C=O) groups is 3. The zero-order valence-corrected chi connectivity index (χ0v) is 15.5. The van der Waals surface area contributed by atoms with Crippen molar-refractivity contribution in [2.24, 2.45) is 5.73 Å². The molecule has 4 amide bonds. The van der Waals surface area contributed by atoms with E-state index in [4.69, 9.17) is 17.3 Å². The van der Waals surface area contributed by atoms with Crippen molar-refractivity contribution < 1.29 is 14.4 Å². The molecule has 0 heterocycles. The quantitative estimate of drug-likeness (QED) is 0.568. The van der Waals surface area contributed by atoms with Gasteiger partial charge in [-0.3, -0.25) is 20.4 Å². The highest BCUT2D eigenvalue weighted by molar-refractivity contribution is 6.30. The van der Waals surface area contributed by atoms with Crippen LogP contribution in [0.1, 0.15) is 29.2 Å².